The van der Waals surface area contributed by atoms with E-state index in [0.29, 0.717) is 47.7 Å². The molecule has 0 aliphatic carbocycles. The van der Waals surface area contributed by atoms with E-state index in [0.717, 1.165) is 85.3 Å². The van der Waals surface area contributed by atoms with Crippen molar-refractivity contribution in [3.05, 3.63) is 237 Å². The van der Waals surface area contributed by atoms with Crippen LogP contribution in [0.15, 0.2) is 180 Å². The molecule has 0 amide bonds. The second-order valence-corrected chi connectivity index (χ2v) is 29.4. The molecule has 754 valence electrons. The molecule has 1 aliphatic heterocycles. The quantitative estimate of drug-likeness (QED) is 0.0127. The van der Waals surface area contributed by atoms with E-state index in [4.69, 9.17) is 69.8 Å². The van der Waals surface area contributed by atoms with E-state index in [2.05, 4.69) is 129 Å². The maximum Gasteiger partial charge on any atom is 0.573 e. The number of aromatic nitrogens is 15. The van der Waals surface area contributed by atoms with Crippen molar-refractivity contribution >= 4 is 193 Å². The van der Waals surface area contributed by atoms with Crippen molar-refractivity contribution in [2.45, 2.75) is 132 Å². The molecule has 1 aliphatic rings. The number of carboxylic acid groups (broad SMARTS) is 1. The maximum absolute atomic E-state index is 12.9. The summed E-state index contributed by atoms with van der Waals surface area (Å²) < 4.78 is 146. The number of carbonyl (C=O) groups is 1. The first-order chi connectivity index (χ1) is 56.0. The Bertz CT molecular complexity index is 5900. The summed E-state index contributed by atoms with van der Waals surface area (Å²) in [6, 6.07) is 14.4. The molecule has 1 fully saturated rings. The van der Waals surface area contributed by atoms with Crippen LogP contribution >= 0.6 is 111 Å². The van der Waals surface area contributed by atoms with Crippen molar-refractivity contribution in [2.75, 3.05) is 25.1 Å². The number of anilines is 2. The molecule has 11 heterocycles. The molecule has 33 nitrogen and oxygen atoms in total. The fourth-order valence-corrected chi connectivity index (χ4v) is 12.8. The average Bonchev–Trinajstić information content (AvgIpc) is 1.64. The Hall–Kier alpha value is -8.94. The number of aromatic amines is 1. The number of halogens is 17. The van der Waals surface area contributed by atoms with E-state index in [1.54, 1.807) is 101 Å². The Morgan fingerprint density at radius 1 is 0.563 bits per heavy atom. The van der Waals surface area contributed by atoms with Crippen LogP contribution in [-0.2, 0) is 86.5 Å². The first-order valence-corrected chi connectivity index (χ1v) is 37.6. The molecule has 0 spiro atoms. The first kappa shape index (κ1) is 146. The summed E-state index contributed by atoms with van der Waals surface area (Å²) in [5, 5.41) is 45.8. The number of nitrogen functional groups attached to an aromatic ring is 1. The summed E-state index contributed by atoms with van der Waals surface area (Å²) >= 11 is 29.7. The number of nitrogens with one attached hydrogen (secondary N) is 2. The average molecular weight is 2330 g/mol. The number of hydrogen-bond donors (Lipinski definition) is 7. The standard InChI is InChI=1S/C18H14F3N5O2.C14H9BrF3N3O2.C10H17BN2O2.C7H6BF3O3.C7H6BrN3O.C6H7BrClN3.C5HBrCl2N2O2.CH5N.CH2O2.10CH4.2CH3.ClH.2V/c1-24-10-22-15-16(24)14(11-7-23-25(2)8-11)9-26(17(15)27)12-3-5-13(6-4-12)28-18(19,20)21;1-20-7-19-11-12(20)10(15)6-21(13(11)22)8-2-4-9(5-3-8)23-14(16,17)18;1-9(2)10(3,4)15-11(14-9)8-6-12-13(5)7-8;9-7(10,11)14-6-3-1-5(2-4-6)8(12)13;1-11-3-10-5-6(11)4(8)2-9-7(5)12;1-10-5-3(7)2-11-6(8)4(5)9;6-2-1-9-5(8)4(3(2)7)10(11)12;1-2;2-1-3;;;;;;;;;;;;;;;/h3-10H,1-2H3;2-7H,1H3;6-7H,1-5H3;1-4,12-13H;2-3H,1H3,(H,9,12);2H,9H2,1H3,(H,10,11);1H;2H2,1H3;1H,(H,2,3);10*1H4;2*1H3;1H;;/q;;;;;;;;;;;;;;;;;;;2*-1;;;. The molecule has 135 heavy (non-hydrogen) atoms. The minimum atomic E-state index is -4.78. The number of nitro groups is 1. The predicted molar refractivity (Wildman–Crippen MR) is 533 cm³/mol. The zero-order valence-corrected chi connectivity index (χ0v) is 79.4. The Kier molecular flexibility index (Phi) is 68.9. The van der Waals surface area contributed by atoms with Crippen molar-refractivity contribution in [1.82, 2.24) is 72.3 Å². The second kappa shape index (κ2) is 63.5. The molecular formula is C81H114B2Br4Cl4F9N19O14V2-2. The van der Waals surface area contributed by atoms with Gasteiger partial charge in [-0.25, -0.2) is 24.9 Å². The largest absolute Gasteiger partial charge is 0.573 e. The van der Waals surface area contributed by atoms with Gasteiger partial charge in [0.1, 0.15) is 22.3 Å². The zero-order valence-electron chi connectivity index (χ0n) is 67.1. The van der Waals surface area contributed by atoms with Crippen LogP contribution in [0, 0.1) is 25.0 Å². The molecule has 0 bridgehead atoms. The van der Waals surface area contributed by atoms with Gasteiger partial charge in [0.05, 0.1) is 87.1 Å². The third-order valence-corrected chi connectivity index (χ3v) is 19.7. The number of ether oxygens (including phenoxy) is 3. The van der Waals surface area contributed by atoms with Gasteiger partial charge in [0.25, 0.3) is 23.2 Å². The van der Waals surface area contributed by atoms with E-state index in [1.807, 2.05) is 48.0 Å². The predicted octanol–water partition coefficient (Wildman–Crippen LogP) is 20.6. The van der Waals surface area contributed by atoms with Gasteiger partial charge < -0.3 is 89.0 Å². The van der Waals surface area contributed by atoms with Crippen molar-refractivity contribution in [2.24, 2.45) is 41.0 Å². The molecule has 10 aromatic heterocycles. The van der Waals surface area contributed by atoms with E-state index in [-0.39, 0.29) is 224 Å². The fraction of sp³-hybridized carbons (Fsp3) is 0.321. The van der Waals surface area contributed by atoms with E-state index in [9.17, 15) is 64.0 Å². The zero-order chi connectivity index (χ0) is 90.0. The van der Waals surface area contributed by atoms with Crippen LogP contribution in [0.3, 0.4) is 0 Å². The van der Waals surface area contributed by atoms with Crippen LogP contribution in [0.1, 0.15) is 102 Å². The second-order valence-electron chi connectivity index (χ2n) is 24.9. The first-order valence-electron chi connectivity index (χ1n) is 33.3. The van der Waals surface area contributed by atoms with Gasteiger partial charge in [-0.05, 0) is 165 Å². The summed E-state index contributed by atoms with van der Waals surface area (Å²) in [4.78, 5) is 76.8. The van der Waals surface area contributed by atoms with Crippen molar-refractivity contribution in [1.29, 1.82) is 0 Å². The number of imidazole rings is 3. The van der Waals surface area contributed by atoms with E-state index < -0.39 is 36.9 Å². The van der Waals surface area contributed by atoms with E-state index in [1.165, 1.54) is 59.3 Å². The number of rotatable bonds is 10. The Balaban J connectivity index is -0.000000168. The number of nitrogens with two attached hydrogens (primary N) is 2. The molecule has 13 aromatic rings. The van der Waals surface area contributed by atoms with Crippen molar-refractivity contribution in [3.8, 4) is 39.8 Å². The van der Waals surface area contributed by atoms with Crippen LogP contribution in [0.25, 0.3) is 55.6 Å². The monoisotopic (exact) mass is 2330 g/mol. The van der Waals surface area contributed by atoms with Gasteiger partial charge in [-0.1, -0.05) is 121 Å². The minimum Gasteiger partial charge on any atom is -0.483 e. The summed E-state index contributed by atoms with van der Waals surface area (Å²) in [6.07, 6.45) is 5.26. The Morgan fingerprint density at radius 3 is 1.28 bits per heavy atom. The molecule has 0 unspecified atom stereocenters. The molecule has 0 atom stereocenters. The van der Waals surface area contributed by atoms with Crippen LogP contribution in [0.4, 0.5) is 56.6 Å². The number of hydrogen-bond acceptors (Lipinski definition) is 23. The Morgan fingerprint density at radius 2 is 0.926 bits per heavy atom. The summed E-state index contributed by atoms with van der Waals surface area (Å²) in [6.45, 7) is 7.93. The molecular weight excluding hydrogens is 2220 g/mol. The molecule has 14 rings (SSSR count). The number of benzene rings is 3. The van der Waals surface area contributed by atoms with Gasteiger partial charge in [-0.3, -0.25) is 47.8 Å². The van der Waals surface area contributed by atoms with Crippen molar-refractivity contribution < 1.29 is 125 Å². The fourth-order valence-electron chi connectivity index (χ4n) is 10.1. The number of alkyl halides is 9. The van der Waals surface area contributed by atoms with E-state index >= 15 is 0 Å². The minimum absolute atomic E-state index is 0. The third kappa shape index (κ3) is 40.2. The third-order valence-electron chi connectivity index (χ3n) is 16.1. The Labute approximate surface area is 858 Å². The SMILES string of the molecule is C.C.C.C.C.C.C.C.C.C.CN.CNc1c(Br)cnc(Cl)c1N.Cl.Cn1cc(-c2cn(-c3ccc(OC(F)(F)F)cc3)c(=O)c3ncn(C)c23)cn1.Cn1cc(B2OC(C)(C)C(C)(C)O2)cn1.Cn1cnc2c(=O)[nH]cc(Br)c21.Cn1cnc2c(=O)n(-c3ccc(OC(F)(F)F)cc3)cc(Br)c21.O=CO.O=[N+]([O-])c1c(Cl)ncc(Br)c1Cl.OB(O)c1ccc(OC(F)(F)F)cc1.[CH3-].[CH3-].[V].[V]. The van der Waals surface area contributed by atoms with Crippen LogP contribution in [0.2, 0.25) is 15.3 Å². The number of aryl methyl sites for hydroxylation is 5. The topological polar surface area (TPSA) is 423 Å². The van der Waals surface area contributed by atoms with Gasteiger partial charge >= 0.3 is 39.0 Å². The molecule has 2 radical (unpaired) electrons. The molecule has 3 aromatic carbocycles. The van der Waals surface area contributed by atoms with Crippen LogP contribution < -0.4 is 58.6 Å². The molecule has 54 heteroatoms. The van der Waals surface area contributed by atoms with Gasteiger partial charge in [0, 0.05) is 157 Å². The number of H-pyrrole nitrogens is 1. The van der Waals surface area contributed by atoms with Gasteiger partial charge in [-0.15, -0.1) is 51.9 Å². The van der Waals surface area contributed by atoms with Crippen molar-refractivity contribution in [3.63, 3.8) is 0 Å². The molecule has 0 saturated carbocycles. The maximum atomic E-state index is 12.9. The van der Waals surface area contributed by atoms with Gasteiger partial charge in [-0.2, -0.15) is 10.2 Å². The normalized spacial score (nSPS) is 11.0. The van der Waals surface area contributed by atoms with Crippen LogP contribution in [-0.4, -0.2) is 157 Å². The summed E-state index contributed by atoms with van der Waals surface area (Å²) in [5.41, 5.74) is 15.9. The summed E-state index contributed by atoms with van der Waals surface area (Å²) in [5.74, 6) is -1.12. The van der Waals surface area contributed by atoms with Gasteiger partial charge in [0.2, 0.25) is 5.15 Å². The molecule has 1 saturated heterocycles. The van der Waals surface area contributed by atoms with Crippen LogP contribution in [0.5, 0.6) is 17.2 Å². The molecule has 9 N–H and O–H groups in total. The number of fused-ring (bicyclic) bond motifs is 3. The number of pyridine rings is 5. The van der Waals surface area contributed by atoms with Gasteiger partial charge in [0.15, 0.2) is 21.7 Å². The summed E-state index contributed by atoms with van der Waals surface area (Å²) in [7, 11) is 10.3. The smallest absolute Gasteiger partial charge is 0.483 e. The number of nitrogens with zero attached hydrogens (tertiary/aromatic N) is 15.